The van der Waals surface area contributed by atoms with Gasteiger partial charge in [-0.15, -0.1) is 11.3 Å². The highest BCUT2D eigenvalue weighted by molar-refractivity contribution is 7.16. The molecule has 0 saturated carbocycles. The van der Waals surface area contributed by atoms with E-state index in [2.05, 4.69) is 48.2 Å². The van der Waals surface area contributed by atoms with Crippen LogP contribution in [-0.2, 0) is 0 Å². The SMILES string of the molecule is COc1ccc(C#Cc2ccc(-c3ccccc3)s2)cc1. The molecule has 0 spiro atoms. The van der Waals surface area contributed by atoms with Crippen molar-refractivity contribution in [2.45, 2.75) is 0 Å². The van der Waals surface area contributed by atoms with E-state index in [0.29, 0.717) is 0 Å². The Morgan fingerprint density at radius 2 is 1.57 bits per heavy atom. The van der Waals surface area contributed by atoms with E-state index in [4.69, 9.17) is 4.74 Å². The number of rotatable bonds is 2. The van der Waals surface area contributed by atoms with Crippen molar-refractivity contribution in [3.63, 3.8) is 0 Å². The van der Waals surface area contributed by atoms with E-state index < -0.39 is 0 Å². The zero-order valence-electron chi connectivity index (χ0n) is 11.7. The number of methoxy groups -OCH3 is 1. The minimum absolute atomic E-state index is 0.850. The molecule has 0 fully saturated rings. The Balaban J connectivity index is 1.80. The van der Waals surface area contributed by atoms with E-state index in [1.165, 1.54) is 10.4 Å². The Hall–Kier alpha value is -2.50. The number of hydrogen-bond donors (Lipinski definition) is 0. The van der Waals surface area contributed by atoms with Crippen LogP contribution in [-0.4, -0.2) is 7.11 Å². The van der Waals surface area contributed by atoms with Crippen molar-refractivity contribution in [2.24, 2.45) is 0 Å². The summed E-state index contributed by atoms with van der Waals surface area (Å²) < 4.78 is 5.14. The summed E-state index contributed by atoms with van der Waals surface area (Å²) in [7, 11) is 1.66. The van der Waals surface area contributed by atoms with Crippen molar-refractivity contribution < 1.29 is 4.74 Å². The summed E-state index contributed by atoms with van der Waals surface area (Å²) in [6, 6.07) is 22.4. The van der Waals surface area contributed by atoms with E-state index in [0.717, 1.165) is 16.2 Å². The third-order valence-corrected chi connectivity index (χ3v) is 4.13. The molecule has 3 aromatic rings. The van der Waals surface area contributed by atoms with Gasteiger partial charge in [0, 0.05) is 10.4 Å². The molecule has 0 N–H and O–H groups in total. The van der Waals surface area contributed by atoms with Gasteiger partial charge in [-0.25, -0.2) is 0 Å². The van der Waals surface area contributed by atoms with Gasteiger partial charge in [-0.3, -0.25) is 0 Å². The Labute approximate surface area is 128 Å². The minimum atomic E-state index is 0.850. The second-order valence-corrected chi connectivity index (χ2v) is 5.59. The zero-order chi connectivity index (χ0) is 14.5. The summed E-state index contributed by atoms with van der Waals surface area (Å²) in [5, 5.41) is 0. The first kappa shape index (κ1) is 13.5. The molecule has 1 aromatic heterocycles. The zero-order valence-corrected chi connectivity index (χ0v) is 12.5. The molecule has 0 saturated heterocycles. The molecule has 0 aliphatic rings. The van der Waals surface area contributed by atoms with Crippen LogP contribution in [0.5, 0.6) is 5.75 Å². The van der Waals surface area contributed by atoms with Crippen molar-refractivity contribution in [2.75, 3.05) is 7.11 Å². The largest absolute Gasteiger partial charge is 0.497 e. The molecule has 0 aliphatic heterocycles. The van der Waals surface area contributed by atoms with Crippen molar-refractivity contribution in [3.05, 3.63) is 77.2 Å². The topological polar surface area (TPSA) is 9.23 Å². The van der Waals surface area contributed by atoms with Crippen LogP contribution in [0.3, 0.4) is 0 Å². The van der Waals surface area contributed by atoms with Crippen LogP contribution in [0, 0.1) is 11.8 Å². The smallest absolute Gasteiger partial charge is 0.118 e. The molecule has 2 heteroatoms. The number of ether oxygens (including phenoxy) is 1. The maximum Gasteiger partial charge on any atom is 0.118 e. The second-order valence-electron chi connectivity index (χ2n) is 4.51. The van der Waals surface area contributed by atoms with Gasteiger partial charge in [0.2, 0.25) is 0 Å². The van der Waals surface area contributed by atoms with Gasteiger partial charge in [-0.05, 0) is 42.0 Å². The summed E-state index contributed by atoms with van der Waals surface area (Å²) in [5.74, 6) is 7.25. The Morgan fingerprint density at radius 3 is 2.29 bits per heavy atom. The Bertz CT molecular complexity index is 774. The lowest BCUT2D eigenvalue weighted by Gasteiger charge is -1.97. The molecule has 0 amide bonds. The molecule has 1 nitrogen and oxygen atoms in total. The first-order valence-corrected chi connectivity index (χ1v) is 7.48. The van der Waals surface area contributed by atoms with Crippen LogP contribution < -0.4 is 4.74 Å². The van der Waals surface area contributed by atoms with Gasteiger partial charge >= 0.3 is 0 Å². The van der Waals surface area contributed by atoms with Gasteiger partial charge in [0.25, 0.3) is 0 Å². The Kier molecular flexibility index (Phi) is 4.04. The van der Waals surface area contributed by atoms with Crippen molar-refractivity contribution >= 4 is 11.3 Å². The average Bonchev–Trinajstić information content (AvgIpc) is 3.03. The first-order valence-electron chi connectivity index (χ1n) is 6.66. The lowest BCUT2D eigenvalue weighted by atomic mass is 10.2. The van der Waals surface area contributed by atoms with E-state index in [1.54, 1.807) is 18.4 Å². The molecule has 3 rings (SSSR count). The van der Waals surface area contributed by atoms with Crippen LogP contribution in [0.15, 0.2) is 66.7 Å². The lowest BCUT2D eigenvalue weighted by molar-refractivity contribution is 0.415. The Morgan fingerprint density at radius 1 is 0.810 bits per heavy atom. The molecule has 2 aromatic carbocycles. The minimum Gasteiger partial charge on any atom is -0.497 e. The van der Waals surface area contributed by atoms with E-state index in [1.807, 2.05) is 30.3 Å². The molecular weight excluding hydrogens is 276 g/mol. The highest BCUT2D eigenvalue weighted by Crippen LogP contribution is 2.27. The third-order valence-electron chi connectivity index (χ3n) is 3.08. The highest BCUT2D eigenvalue weighted by atomic mass is 32.1. The van der Waals surface area contributed by atoms with E-state index in [9.17, 15) is 0 Å². The van der Waals surface area contributed by atoms with Crippen LogP contribution in [0.2, 0.25) is 0 Å². The summed E-state index contributed by atoms with van der Waals surface area (Å²) in [6.07, 6.45) is 0. The number of hydrogen-bond acceptors (Lipinski definition) is 2. The maximum absolute atomic E-state index is 5.14. The normalized spacial score (nSPS) is 9.76. The number of benzene rings is 2. The quantitative estimate of drug-likeness (QED) is 0.615. The molecule has 0 aliphatic carbocycles. The fourth-order valence-corrected chi connectivity index (χ4v) is 2.84. The summed E-state index contributed by atoms with van der Waals surface area (Å²) in [5.41, 5.74) is 2.23. The highest BCUT2D eigenvalue weighted by Gasteiger charge is 2.00. The standard InChI is InChI=1S/C19H14OS/c1-20-17-10-7-15(8-11-17)9-12-18-13-14-19(21-18)16-5-3-2-4-6-16/h2-8,10-11,13-14H,1H3. The third kappa shape index (κ3) is 3.34. The first-order chi connectivity index (χ1) is 10.3. The molecule has 0 radical (unpaired) electrons. The lowest BCUT2D eigenvalue weighted by Crippen LogP contribution is -1.81. The summed E-state index contributed by atoms with van der Waals surface area (Å²) >= 11 is 1.71. The van der Waals surface area contributed by atoms with Crippen LogP contribution in [0.25, 0.3) is 10.4 Å². The average molecular weight is 290 g/mol. The maximum atomic E-state index is 5.14. The molecule has 102 valence electrons. The predicted octanol–water partition coefficient (Wildman–Crippen LogP) is 4.82. The summed E-state index contributed by atoms with van der Waals surface area (Å²) in [6.45, 7) is 0. The fraction of sp³-hybridized carbons (Fsp3) is 0.0526. The van der Waals surface area contributed by atoms with Crippen molar-refractivity contribution in [1.29, 1.82) is 0 Å². The molecule has 21 heavy (non-hydrogen) atoms. The molecule has 1 heterocycles. The molecule has 0 atom stereocenters. The van der Waals surface area contributed by atoms with E-state index in [-0.39, 0.29) is 0 Å². The second kappa shape index (κ2) is 6.30. The molecule has 0 unspecified atom stereocenters. The molecular formula is C19H14OS. The van der Waals surface area contributed by atoms with Gasteiger partial charge in [-0.1, -0.05) is 42.2 Å². The fourth-order valence-electron chi connectivity index (χ4n) is 1.97. The number of thiophene rings is 1. The van der Waals surface area contributed by atoms with Crippen LogP contribution in [0.1, 0.15) is 10.4 Å². The van der Waals surface area contributed by atoms with Gasteiger partial charge in [0.15, 0.2) is 0 Å². The van der Waals surface area contributed by atoms with E-state index >= 15 is 0 Å². The van der Waals surface area contributed by atoms with Gasteiger partial charge in [0.05, 0.1) is 12.0 Å². The predicted molar refractivity (Wildman–Crippen MR) is 88.7 cm³/mol. The van der Waals surface area contributed by atoms with Gasteiger partial charge in [-0.2, -0.15) is 0 Å². The molecule has 0 bridgehead atoms. The van der Waals surface area contributed by atoms with Crippen molar-refractivity contribution in [3.8, 4) is 28.0 Å². The monoisotopic (exact) mass is 290 g/mol. The van der Waals surface area contributed by atoms with Crippen molar-refractivity contribution in [1.82, 2.24) is 0 Å². The summed E-state index contributed by atoms with van der Waals surface area (Å²) in [4.78, 5) is 2.32. The van der Waals surface area contributed by atoms with Crippen LogP contribution in [0.4, 0.5) is 0 Å². The van der Waals surface area contributed by atoms with Crippen LogP contribution >= 0.6 is 11.3 Å². The van der Waals surface area contributed by atoms with Gasteiger partial charge < -0.3 is 4.74 Å². The van der Waals surface area contributed by atoms with Gasteiger partial charge in [0.1, 0.15) is 5.75 Å².